The fourth-order valence-corrected chi connectivity index (χ4v) is 3.68. The molecular formula is C20H36O12. The molecule has 188 valence electrons. The standard InChI is InChI=1S/C20H36O12/c1-2-3-4-5-6-7-12(22)29-9-11-18(15(25)16(26)19(28)30-11)32-20-17(27)14(24)13(23)10(8-21)31-20/h10-11,13-21,23-28H,2-9H2,1H3/t10-,11-,13+,14+,15-,16-,17-,18-,19?,20+/m1/s1. The lowest BCUT2D eigenvalue weighted by atomic mass is 9.97. The average molecular weight is 468 g/mol. The molecule has 32 heavy (non-hydrogen) atoms. The largest absolute Gasteiger partial charge is 0.463 e. The van der Waals surface area contributed by atoms with Gasteiger partial charge in [-0.3, -0.25) is 4.79 Å². The molecule has 0 amide bonds. The van der Waals surface area contributed by atoms with Crippen LogP contribution in [-0.2, 0) is 23.7 Å². The van der Waals surface area contributed by atoms with Gasteiger partial charge in [0, 0.05) is 6.42 Å². The summed E-state index contributed by atoms with van der Waals surface area (Å²) in [7, 11) is 0. The number of unbranched alkanes of at least 4 members (excludes halogenated alkanes) is 4. The van der Waals surface area contributed by atoms with Crippen molar-refractivity contribution >= 4 is 5.97 Å². The lowest BCUT2D eigenvalue weighted by Crippen LogP contribution is -2.64. The number of aliphatic hydroxyl groups excluding tert-OH is 7. The van der Waals surface area contributed by atoms with Gasteiger partial charge in [0.2, 0.25) is 0 Å². The predicted octanol–water partition coefficient (Wildman–Crippen LogP) is -2.49. The Labute approximate surface area is 186 Å². The molecule has 2 aliphatic heterocycles. The first-order valence-corrected chi connectivity index (χ1v) is 11.0. The van der Waals surface area contributed by atoms with Crippen LogP contribution in [0.1, 0.15) is 45.4 Å². The van der Waals surface area contributed by atoms with Crippen molar-refractivity contribution in [3.05, 3.63) is 0 Å². The van der Waals surface area contributed by atoms with Gasteiger partial charge in [0.25, 0.3) is 0 Å². The van der Waals surface area contributed by atoms with Crippen LogP contribution in [0.3, 0.4) is 0 Å². The molecule has 12 heteroatoms. The molecule has 2 aliphatic rings. The van der Waals surface area contributed by atoms with Crippen LogP contribution in [0.15, 0.2) is 0 Å². The molecule has 0 saturated carbocycles. The van der Waals surface area contributed by atoms with E-state index in [1.54, 1.807) is 0 Å². The molecule has 2 fully saturated rings. The lowest BCUT2D eigenvalue weighted by Gasteiger charge is -2.45. The molecule has 0 aromatic carbocycles. The van der Waals surface area contributed by atoms with Crippen LogP contribution in [0.5, 0.6) is 0 Å². The zero-order valence-corrected chi connectivity index (χ0v) is 18.1. The number of aliphatic hydroxyl groups is 7. The third kappa shape index (κ3) is 7.03. The van der Waals surface area contributed by atoms with Crippen molar-refractivity contribution in [2.45, 2.75) is 107 Å². The zero-order valence-electron chi connectivity index (χ0n) is 18.1. The van der Waals surface area contributed by atoms with E-state index in [0.717, 1.165) is 25.7 Å². The molecule has 0 spiro atoms. The zero-order chi connectivity index (χ0) is 23.8. The van der Waals surface area contributed by atoms with Crippen LogP contribution in [0.4, 0.5) is 0 Å². The van der Waals surface area contributed by atoms with Crippen molar-refractivity contribution in [1.29, 1.82) is 0 Å². The molecule has 0 aliphatic carbocycles. The third-order valence-corrected chi connectivity index (χ3v) is 5.69. The Morgan fingerprint density at radius 1 is 0.812 bits per heavy atom. The van der Waals surface area contributed by atoms with E-state index in [9.17, 15) is 40.5 Å². The number of carbonyl (C=O) groups excluding carboxylic acids is 1. The number of hydrogen-bond donors (Lipinski definition) is 7. The van der Waals surface area contributed by atoms with Crippen molar-refractivity contribution < 1.29 is 59.5 Å². The van der Waals surface area contributed by atoms with Crippen molar-refractivity contribution in [1.82, 2.24) is 0 Å². The molecule has 0 bridgehead atoms. The smallest absolute Gasteiger partial charge is 0.305 e. The second kappa shape index (κ2) is 13.1. The van der Waals surface area contributed by atoms with Crippen LogP contribution in [-0.4, -0.2) is 116 Å². The van der Waals surface area contributed by atoms with E-state index < -0.39 is 80.6 Å². The maximum Gasteiger partial charge on any atom is 0.305 e. The van der Waals surface area contributed by atoms with Gasteiger partial charge in [-0.2, -0.15) is 0 Å². The molecule has 2 saturated heterocycles. The topological polar surface area (TPSA) is 196 Å². The molecule has 12 nitrogen and oxygen atoms in total. The number of rotatable bonds is 11. The molecule has 10 atom stereocenters. The minimum Gasteiger partial charge on any atom is -0.463 e. The monoisotopic (exact) mass is 468 g/mol. The summed E-state index contributed by atoms with van der Waals surface area (Å²) in [6.45, 7) is 0.979. The normalized spacial score (nSPS) is 40.2. The van der Waals surface area contributed by atoms with Crippen LogP contribution >= 0.6 is 0 Å². The van der Waals surface area contributed by atoms with E-state index in [4.69, 9.17) is 18.9 Å². The molecule has 2 rings (SSSR count). The van der Waals surface area contributed by atoms with Gasteiger partial charge in [0.1, 0.15) is 55.4 Å². The average Bonchev–Trinajstić information content (AvgIpc) is 2.78. The highest BCUT2D eigenvalue weighted by Crippen LogP contribution is 2.29. The first-order valence-electron chi connectivity index (χ1n) is 11.0. The fraction of sp³-hybridized carbons (Fsp3) is 0.950. The second-order valence-corrected chi connectivity index (χ2v) is 8.19. The highest BCUT2D eigenvalue weighted by atomic mass is 16.7. The minimum absolute atomic E-state index is 0.183. The molecule has 2 heterocycles. The number of ether oxygens (including phenoxy) is 4. The highest BCUT2D eigenvalue weighted by Gasteiger charge is 2.50. The van der Waals surface area contributed by atoms with Gasteiger partial charge >= 0.3 is 5.97 Å². The van der Waals surface area contributed by atoms with Crippen molar-refractivity contribution in [3.8, 4) is 0 Å². The molecule has 0 aromatic heterocycles. The molecular weight excluding hydrogens is 432 g/mol. The van der Waals surface area contributed by atoms with E-state index in [1.807, 2.05) is 0 Å². The molecule has 7 N–H and O–H groups in total. The second-order valence-electron chi connectivity index (χ2n) is 8.19. The number of carbonyl (C=O) groups is 1. The maximum absolute atomic E-state index is 12.0. The number of esters is 1. The van der Waals surface area contributed by atoms with Crippen LogP contribution < -0.4 is 0 Å². The van der Waals surface area contributed by atoms with Crippen LogP contribution in [0.25, 0.3) is 0 Å². The van der Waals surface area contributed by atoms with E-state index in [1.165, 1.54) is 0 Å². The SMILES string of the molecule is CCCCCCCC(=O)OC[C@H]1OC(O)[C@H](O)[C@@H](O)[C@@H]1O[C@@H]1O[C@H](CO)[C@H](O)[C@H](O)[C@H]1O. The quantitative estimate of drug-likeness (QED) is 0.125. The van der Waals surface area contributed by atoms with Gasteiger partial charge in [0.05, 0.1) is 6.61 Å². The minimum atomic E-state index is -1.78. The third-order valence-electron chi connectivity index (χ3n) is 5.69. The van der Waals surface area contributed by atoms with E-state index in [-0.39, 0.29) is 6.42 Å². The number of hydrogen-bond acceptors (Lipinski definition) is 12. The predicted molar refractivity (Wildman–Crippen MR) is 106 cm³/mol. The van der Waals surface area contributed by atoms with E-state index >= 15 is 0 Å². The van der Waals surface area contributed by atoms with Gasteiger partial charge in [-0.1, -0.05) is 32.6 Å². The Hall–Kier alpha value is -0.930. The van der Waals surface area contributed by atoms with Crippen molar-refractivity contribution in [2.24, 2.45) is 0 Å². The summed E-state index contributed by atoms with van der Waals surface area (Å²) >= 11 is 0. The Morgan fingerprint density at radius 3 is 2.16 bits per heavy atom. The summed E-state index contributed by atoms with van der Waals surface area (Å²) in [5.74, 6) is -0.508. The van der Waals surface area contributed by atoms with E-state index in [2.05, 4.69) is 6.92 Å². The van der Waals surface area contributed by atoms with Gasteiger partial charge in [-0.05, 0) is 6.42 Å². The Morgan fingerprint density at radius 2 is 1.50 bits per heavy atom. The fourth-order valence-electron chi connectivity index (χ4n) is 3.68. The van der Waals surface area contributed by atoms with E-state index in [0.29, 0.717) is 6.42 Å². The summed E-state index contributed by atoms with van der Waals surface area (Å²) in [6.07, 6.45) is -11.0. The van der Waals surface area contributed by atoms with Gasteiger partial charge < -0.3 is 54.7 Å². The molecule has 0 radical (unpaired) electrons. The Balaban J connectivity index is 1.98. The van der Waals surface area contributed by atoms with Gasteiger partial charge in [-0.25, -0.2) is 0 Å². The first-order chi connectivity index (χ1) is 15.2. The van der Waals surface area contributed by atoms with Crippen molar-refractivity contribution in [2.75, 3.05) is 13.2 Å². The van der Waals surface area contributed by atoms with Gasteiger partial charge in [0.15, 0.2) is 12.6 Å². The summed E-state index contributed by atoms with van der Waals surface area (Å²) < 4.78 is 21.1. The van der Waals surface area contributed by atoms with Gasteiger partial charge in [-0.15, -0.1) is 0 Å². The summed E-state index contributed by atoms with van der Waals surface area (Å²) in [5, 5.41) is 69.4. The highest BCUT2D eigenvalue weighted by molar-refractivity contribution is 5.69. The summed E-state index contributed by atoms with van der Waals surface area (Å²) in [4.78, 5) is 12.0. The van der Waals surface area contributed by atoms with Crippen LogP contribution in [0.2, 0.25) is 0 Å². The Bertz CT molecular complexity index is 561. The summed E-state index contributed by atoms with van der Waals surface area (Å²) in [5.41, 5.74) is 0. The first kappa shape index (κ1) is 27.3. The maximum atomic E-state index is 12.0. The summed E-state index contributed by atoms with van der Waals surface area (Å²) in [6, 6.07) is 0. The molecule has 1 unspecified atom stereocenters. The van der Waals surface area contributed by atoms with Crippen molar-refractivity contribution in [3.63, 3.8) is 0 Å². The molecule has 0 aromatic rings. The van der Waals surface area contributed by atoms with Crippen LogP contribution in [0, 0.1) is 0 Å². The Kier molecular flexibility index (Phi) is 11.2. The lowest BCUT2D eigenvalue weighted by molar-refractivity contribution is -0.355.